The van der Waals surface area contributed by atoms with Gasteiger partial charge >= 0.3 is 0 Å². The maximum Gasteiger partial charge on any atom is 0.177 e. The van der Waals surface area contributed by atoms with Crippen LogP contribution >= 0.6 is 0 Å². The van der Waals surface area contributed by atoms with Gasteiger partial charge in [0.1, 0.15) is 0 Å². The van der Waals surface area contributed by atoms with Crippen molar-refractivity contribution in [2.45, 2.75) is 52.5 Å². The van der Waals surface area contributed by atoms with Crippen molar-refractivity contribution in [3.05, 3.63) is 35.2 Å². The lowest BCUT2D eigenvalue weighted by Gasteiger charge is -2.46. The number of hydrogen-bond acceptors (Lipinski definition) is 4. The molecule has 1 heterocycles. The molecule has 0 bridgehead atoms. The predicted octanol–water partition coefficient (Wildman–Crippen LogP) is 3.15. The molecule has 1 aliphatic rings. The number of hydrogen-bond donors (Lipinski definition) is 1. The zero-order valence-electron chi connectivity index (χ0n) is 14.8. The largest absolute Gasteiger partial charge is 0.307 e. The molecule has 1 saturated carbocycles. The molecule has 1 aliphatic carbocycles. The normalized spacial score (nSPS) is 28.0. The van der Waals surface area contributed by atoms with Crippen molar-refractivity contribution < 1.29 is 0 Å². The van der Waals surface area contributed by atoms with E-state index in [2.05, 4.69) is 66.7 Å². The quantitative estimate of drug-likeness (QED) is 0.946. The Labute approximate surface area is 138 Å². The molecule has 0 aliphatic heterocycles. The number of benzene rings is 1. The van der Waals surface area contributed by atoms with Crippen LogP contribution in [0.3, 0.4) is 0 Å². The summed E-state index contributed by atoms with van der Waals surface area (Å²) in [4.78, 5) is 0. The van der Waals surface area contributed by atoms with Gasteiger partial charge in [-0.25, -0.2) is 0 Å². The van der Waals surface area contributed by atoms with E-state index in [4.69, 9.17) is 0 Å². The molecule has 2 atom stereocenters. The van der Waals surface area contributed by atoms with Crippen LogP contribution in [-0.2, 0) is 5.54 Å². The minimum Gasteiger partial charge on any atom is -0.307 e. The topological polar surface area (TPSA) is 55.6 Å². The fourth-order valence-corrected chi connectivity index (χ4v) is 4.45. The fourth-order valence-electron chi connectivity index (χ4n) is 4.45. The summed E-state index contributed by atoms with van der Waals surface area (Å²) in [5, 5.41) is 16.5. The first-order chi connectivity index (χ1) is 11.0. The van der Waals surface area contributed by atoms with Crippen LogP contribution in [0.2, 0.25) is 0 Å². The summed E-state index contributed by atoms with van der Waals surface area (Å²) in [6.45, 7) is 8.87. The summed E-state index contributed by atoms with van der Waals surface area (Å²) in [6.07, 6.45) is 3.67. The highest BCUT2D eigenvalue weighted by molar-refractivity contribution is 5.47. The Hall–Kier alpha value is -1.75. The van der Waals surface area contributed by atoms with Crippen molar-refractivity contribution in [3.8, 4) is 5.69 Å². The second kappa shape index (κ2) is 6.04. The van der Waals surface area contributed by atoms with E-state index in [0.717, 1.165) is 11.5 Å². The van der Waals surface area contributed by atoms with Gasteiger partial charge in [0, 0.05) is 0 Å². The molecule has 5 heteroatoms. The summed E-state index contributed by atoms with van der Waals surface area (Å²) < 4.78 is 1.96. The van der Waals surface area contributed by atoms with Gasteiger partial charge in [-0.05, 0) is 67.1 Å². The second-order valence-corrected chi connectivity index (χ2v) is 7.01. The summed E-state index contributed by atoms with van der Waals surface area (Å²) >= 11 is 0. The van der Waals surface area contributed by atoms with Crippen LogP contribution in [0.5, 0.6) is 0 Å². The number of aryl methyl sites for hydroxylation is 2. The van der Waals surface area contributed by atoms with Gasteiger partial charge < -0.3 is 5.32 Å². The molecule has 0 spiro atoms. The third-order valence-corrected chi connectivity index (χ3v) is 5.73. The molecule has 23 heavy (non-hydrogen) atoms. The smallest absolute Gasteiger partial charge is 0.177 e. The van der Waals surface area contributed by atoms with Gasteiger partial charge in [-0.15, -0.1) is 5.10 Å². The van der Waals surface area contributed by atoms with Gasteiger partial charge in [-0.1, -0.05) is 38.5 Å². The SMILES string of the molecule is CNC1(c2nnnn2-c2c(C)cccc2C)C(C)CCCC1C. The Morgan fingerprint density at radius 3 is 2.30 bits per heavy atom. The highest BCUT2D eigenvalue weighted by atomic mass is 15.6. The molecule has 124 valence electrons. The van der Waals surface area contributed by atoms with Gasteiger partial charge in [0.05, 0.1) is 11.2 Å². The first kappa shape index (κ1) is 16.1. The van der Waals surface area contributed by atoms with Crippen molar-refractivity contribution in [2.75, 3.05) is 7.05 Å². The maximum atomic E-state index is 4.48. The Morgan fingerprint density at radius 2 is 1.74 bits per heavy atom. The van der Waals surface area contributed by atoms with E-state index in [0.29, 0.717) is 11.8 Å². The molecule has 0 saturated heterocycles. The summed E-state index contributed by atoms with van der Waals surface area (Å²) in [6, 6.07) is 6.32. The number of tetrazole rings is 1. The number of rotatable bonds is 3. The number of nitrogens with zero attached hydrogens (tertiary/aromatic N) is 4. The lowest BCUT2D eigenvalue weighted by molar-refractivity contribution is 0.0860. The van der Waals surface area contributed by atoms with E-state index in [1.54, 1.807) is 0 Å². The first-order valence-corrected chi connectivity index (χ1v) is 8.56. The average Bonchev–Trinajstić information content (AvgIpc) is 2.98. The summed E-state index contributed by atoms with van der Waals surface area (Å²) in [5.41, 5.74) is 3.31. The molecule has 3 rings (SSSR count). The highest BCUT2D eigenvalue weighted by Gasteiger charge is 2.48. The maximum absolute atomic E-state index is 4.48. The second-order valence-electron chi connectivity index (χ2n) is 7.01. The predicted molar refractivity (Wildman–Crippen MR) is 91.5 cm³/mol. The van der Waals surface area contributed by atoms with Crippen LogP contribution in [0, 0.1) is 25.7 Å². The molecule has 1 aromatic carbocycles. The standard InChI is InChI=1S/C18H27N5/c1-12-8-6-9-13(2)16(12)23-17(20-21-22-23)18(19-5)14(3)10-7-11-15(18)4/h6,8-9,14-15,19H,7,10-11H2,1-5H3. The van der Waals surface area contributed by atoms with Gasteiger partial charge in [0.2, 0.25) is 0 Å². The van der Waals surface area contributed by atoms with Crippen LogP contribution in [0.15, 0.2) is 18.2 Å². The molecular formula is C18H27N5. The van der Waals surface area contributed by atoms with E-state index in [9.17, 15) is 0 Å². The minimum absolute atomic E-state index is 0.184. The van der Waals surface area contributed by atoms with Gasteiger partial charge in [-0.2, -0.15) is 4.68 Å². The van der Waals surface area contributed by atoms with Gasteiger partial charge in [0.15, 0.2) is 5.82 Å². The Kier molecular flexibility index (Phi) is 4.23. The third kappa shape index (κ3) is 2.38. The van der Waals surface area contributed by atoms with E-state index < -0.39 is 0 Å². The minimum atomic E-state index is -0.184. The first-order valence-electron chi connectivity index (χ1n) is 8.56. The lowest BCUT2D eigenvalue weighted by atomic mass is 9.66. The van der Waals surface area contributed by atoms with Crippen LogP contribution in [-0.4, -0.2) is 27.3 Å². The monoisotopic (exact) mass is 313 g/mol. The number of aromatic nitrogens is 4. The molecule has 1 aromatic heterocycles. The van der Waals surface area contributed by atoms with Crippen LogP contribution in [0.25, 0.3) is 5.69 Å². The Bertz CT molecular complexity index is 660. The summed E-state index contributed by atoms with van der Waals surface area (Å²) in [7, 11) is 2.04. The van der Waals surface area contributed by atoms with Crippen LogP contribution < -0.4 is 5.32 Å². The van der Waals surface area contributed by atoms with Crippen molar-refractivity contribution in [3.63, 3.8) is 0 Å². The van der Waals surface area contributed by atoms with E-state index in [-0.39, 0.29) is 5.54 Å². The highest BCUT2D eigenvalue weighted by Crippen LogP contribution is 2.44. The van der Waals surface area contributed by atoms with E-state index >= 15 is 0 Å². The van der Waals surface area contributed by atoms with Crippen LogP contribution in [0.1, 0.15) is 50.1 Å². The molecule has 1 N–H and O–H groups in total. The zero-order valence-corrected chi connectivity index (χ0v) is 14.8. The van der Waals surface area contributed by atoms with Crippen molar-refractivity contribution >= 4 is 0 Å². The van der Waals surface area contributed by atoms with E-state index in [1.807, 2.05) is 11.7 Å². The molecule has 2 unspecified atom stereocenters. The van der Waals surface area contributed by atoms with Crippen LogP contribution in [0.4, 0.5) is 0 Å². The molecule has 2 aromatic rings. The zero-order chi connectivity index (χ0) is 16.6. The number of nitrogens with one attached hydrogen (secondary N) is 1. The van der Waals surface area contributed by atoms with Crippen molar-refractivity contribution in [1.29, 1.82) is 0 Å². The number of para-hydroxylation sites is 1. The molecule has 0 amide bonds. The van der Waals surface area contributed by atoms with Gasteiger partial charge in [0.25, 0.3) is 0 Å². The van der Waals surface area contributed by atoms with E-state index in [1.165, 1.54) is 30.4 Å². The lowest BCUT2D eigenvalue weighted by Crippen LogP contribution is -2.54. The van der Waals surface area contributed by atoms with Gasteiger partial charge in [-0.3, -0.25) is 0 Å². The van der Waals surface area contributed by atoms with Crippen molar-refractivity contribution in [1.82, 2.24) is 25.5 Å². The molecular weight excluding hydrogens is 286 g/mol. The third-order valence-electron chi connectivity index (χ3n) is 5.73. The Morgan fingerprint density at radius 1 is 1.13 bits per heavy atom. The fraction of sp³-hybridized carbons (Fsp3) is 0.611. The molecule has 0 radical (unpaired) electrons. The Balaban J connectivity index is 2.20. The molecule has 1 fully saturated rings. The van der Waals surface area contributed by atoms with Crippen molar-refractivity contribution in [2.24, 2.45) is 11.8 Å². The average molecular weight is 313 g/mol. The summed E-state index contributed by atoms with van der Waals surface area (Å²) in [5.74, 6) is 1.92. The molecule has 5 nitrogen and oxygen atoms in total.